The van der Waals surface area contributed by atoms with Crippen molar-refractivity contribution in [1.82, 2.24) is 9.97 Å². The third-order valence-corrected chi connectivity index (χ3v) is 6.05. The number of ketones is 1. The SMILES string of the molecule is Cc1cc(NC=C2C(=O)c3sccc3N(C)S2(=O)=O)nc(C)n1. The van der Waals surface area contributed by atoms with Crippen LogP contribution in [-0.2, 0) is 10.0 Å². The second-order valence-corrected chi connectivity index (χ2v) is 7.89. The van der Waals surface area contributed by atoms with E-state index in [0.717, 1.165) is 10.00 Å². The van der Waals surface area contributed by atoms with E-state index in [2.05, 4.69) is 15.3 Å². The van der Waals surface area contributed by atoms with Crippen molar-refractivity contribution in [2.75, 3.05) is 16.7 Å². The van der Waals surface area contributed by atoms with Gasteiger partial charge in [-0.2, -0.15) is 0 Å². The number of nitrogens with one attached hydrogen (secondary N) is 1. The van der Waals surface area contributed by atoms with Crippen LogP contribution in [0.3, 0.4) is 0 Å². The normalized spacial score (nSPS) is 18.1. The summed E-state index contributed by atoms with van der Waals surface area (Å²) in [5, 5.41) is 4.49. The van der Waals surface area contributed by atoms with Crippen molar-refractivity contribution < 1.29 is 13.2 Å². The van der Waals surface area contributed by atoms with Gasteiger partial charge in [0.2, 0.25) is 5.78 Å². The Morgan fingerprint density at radius 2 is 2.04 bits per heavy atom. The topological polar surface area (TPSA) is 92.3 Å². The Morgan fingerprint density at radius 3 is 2.74 bits per heavy atom. The molecule has 1 N–H and O–H groups in total. The minimum absolute atomic E-state index is 0.302. The number of thiophene rings is 1. The predicted octanol–water partition coefficient (Wildman–Crippen LogP) is 2.07. The zero-order chi connectivity index (χ0) is 16.8. The number of hydrogen-bond donors (Lipinski definition) is 1. The lowest BCUT2D eigenvalue weighted by Crippen LogP contribution is -2.35. The van der Waals surface area contributed by atoms with E-state index in [4.69, 9.17) is 0 Å². The molecule has 2 aromatic heterocycles. The largest absolute Gasteiger partial charge is 0.345 e. The lowest BCUT2D eigenvalue weighted by molar-refractivity contribution is 0.104. The first-order valence-corrected chi connectivity index (χ1v) is 9.03. The first kappa shape index (κ1) is 15.6. The monoisotopic (exact) mass is 350 g/mol. The van der Waals surface area contributed by atoms with Crippen LogP contribution in [0.15, 0.2) is 28.6 Å². The van der Waals surface area contributed by atoms with Gasteiger partial charge in [0.05, 0.1) is 5.69 Å². The van der Waals surface area contributed by atoms with Crippen LogP contribution in [0, 0.1) is 13.8 Å². The van der Waals surface area contributed by atoms with Gasteiger partial charge in [-0.25, -0.2) is 18.4 Å². The number of nitrogens with zero attached hydrogens (tertiary/aromatic N) is 3. The molecule has 3 rings (SSSR count). The molecule has 0 aliphatic carbocycles. The van der Waals surface area contributed by atoms with Crippen molar-refractivity contribution in [1.29, 1.82) is 0 Å². The maximum atomic E-state index is 12.5. The molecule has 9 heteroatoms. The summed E-state index contributed by atoms with van der Waals surface area (Å²) in [7, 11) is -2.45. The summed E-state index contributed by atoms with van der Waals surface area (Å²) >= 11 is 1.22. The Labute approximate surface area is 137 Å². The number of fused-ring (bicyclic) bond motifs is 1. The molecule has 0 spiro atoms. The lowest BCUT2D eigenvalue weighted by atomic mass is 10.2. The fraction of sp³-hybridized carbons (Fsp3) is 0.214. The molecule has 0 bridgehead atoms. The summed E-state index contributed by atoms with van der Waals surface area (Å²) in [6.45, 7) is 3.54. The third-order valence-electron chi connectivity index (χ3n) is 3.37. The highest BCUT2D eigenvalue weighted by atomic mass is 32.2. The zero-order valence-electron chi connectivity index (χ0n) is 12.7. The Morgan fingerprint density at radius 1 is 1.30 bits per heavy atom. The second-order valence-electron chi connectivity index (χ2n) is 5.03. The third kappa shape index (κ3) is 2.62. The van der Waals surface area contributed by atoms with Crippen molar-refractivity contribution in [2.24, 2.45) is 0 Å². The van der Waals surface area contributed by atoms with Crippen molar-refractivity contribution in [2.45, 2.75) is 13.8 Å². The average molecular weight is 350 g/mol. The summed E-state index contributed by atoms with van der Waals surface area (Å²) in [5.41, 5.74) is 1.15. The summed E-state index contributed by atoms with van der Waals surface area (Å²) in [6, 6.07) is 3.29. The van der Waals surface area contributed by atoms with Crippen LogP contribution in [0.5, 0.6) is 0 Å². The molecule has 1 aliphatic heterocycles. The number of carbonyl (C=O) groups is 1. The first-order chi connectivity index (χ1) is 10.8. The molecular formula is C14H14N4O3S2. The molecule has 0 fully saturated rings. The number of sulfonamides is 1. The zero-order valence-corrected chi connectivity index (χ0v) is 14.3. The fourth-order valence-electron chi connectivity index (χ4n) is 2.30. The van der Waals surface area contributed by atoms with Crippen LogP contribution in [0.4, 0.5) is 11.5 Å². The van der Waals surface area contributed by atoms with Crippen LogP contribution in [0.25, 0.3) is 0 Å². The number of hydrogen-bond acceptors (Lipinski definition) is 7. The van der Waals surface area contributed by atoms with E-state index in [1.165, 1.54) is 24.6 Å². The molecule has 0 saturated carbocycles. The first-order valence-electron chi connectivity index (χ1n) is 6.71. The van der Waals surface area contributed by atoms with E-state index in [0.29, 0.717) is 22.2 Å². The van der Waals surface area contributed by atoms with Gasteiger partial charge in [0.25, 0.3) is 10.0 Å². The molecule has 0 aromatic carbocycles. The maximum Gasteiger partial charge on any atom is 0.269 e. The molecule has 0 unspecified atom stereocenters. The quantitative estimate of drug-likeness (QED) is 0.834. The van der Waals surface area contributed by atoms with Gasteiger partial charge in [0.15, 0.2) is 4.91 Å². The molecule has 0 radical (unpaired) electrons. The van der Waals surface area contributed by atoms with Crippen LogP contribution in [0.2, 0.25) is 0 Å². The van der Waals surface area contributed by atoms with Gasteiger partial charge in [0.1, 0.15) is 16.5 Å². The number of allylic oxidation sites excluding steroid dienone is 1. The van der Waals surface area contributed by atoms with Crippen molar-refractivity contribution in [3.8, 4) is 0 Å². The van der Waals surface area contributed by atoms with Gasteiger partial charge in [-0.3, -0.25) is 9.10 Å². The van der Waals surface area contributed by atoms with Crippen LogP contribution in [-0.4, -0.2) is 31.2 Å². The molecule has 1 aliphatic rings. The fourth-order valence-corrected chi connectivity index (χ4v) is 4.55. The highest BCUT2D eigenvalue weighted by Crippen LogP contribution is 2.37. The van der Waals surface area contributed by atoms with Crippen molar-refractivity contribution in [3.05, 3.63) is 45.0 Å². The van der Waals surface area contributed by atoms with Gasteiger partial charge in [0, 0.05) is 25.0 Å². The van der Waals surface area contributed by atoms with E-state index < -0.39 is 15.8 Å². The Balaban J connectivity index is 2.03. The Kier molecular flexibility index (Phi) is 3.69. The molecule has 0 atom stereocenters. The molecule has 2 aromatic rings. The molecule has 120 valence electrons. The predicted molar refractivity (Wildman–Crippen MR) is 89.2 cm³/mol. The summed E-state index contributed by atoms with van der Waals surface area (Å²) in [4.78, 5) is 20.9. The molecule has 3 heterocycles. The highest BCUT2D eigenvalue weighted by Gasteiger charge is 2.39. The van der Waals surface area contributed by atoms with Gasteiger partial charge >= 0.3 is 0 Å². The summed E-state index contributed by atoms with van der Waals surface area (Å²) in [6.07, 6.45) is 1.19. The lowest BCUT2D eigenvalue weighted by Gasteiger charge is -2.25. The van der Waals surface area contributed by atoms with Crippen LogP contribution < -0.4 is 9.62 Å². The smallest absolute Gasteiger partial charge is 0.269 e. The number of Topliss-reactive ketones (excluding diaryl/α,β-unsaturated/α-hetero) is 1. The summed E-state index contributed by atoms with van der Waals surface area (Å²) < 4.78 is 26.1. The van der Waals surface area contributed by atoms with Crippen LogP contribution in [0.1, 0.15) is 21.2 Å². The van der Waals surface area contributed by atoms with E-state index in [-0.39, 0.29) is 4.91 Å². The highest BCUT2D eigenvalue weighted by molar-refractivity contribution is 7.97. The number of carbonyl (C=O) groups excluding carboxylic acids is 1. The van der Waals surface area contributed by atoms with Crippen molar-refractivity contribution >= 4 is 38.6 Å². The number of aromatic nitrogens is 2. The number of rotatable bonds is 2. The minimum atomic E-state index is -3.88. The standard InChI is InChI=1S/C14H14N4O3S2/c1-8-6-12(17-9(2)16-8)15-7-11-13(19)14-10(4-5-22-14)18(3)23(11,20)21/h4-7H,1-3H3,(H,15,16,17). The Hall–Kier alpha value is -2.26. The number of anilines is 2. The van der Waals surface area contributed by atoms with E-state index in [9.17, 15) is 13.2 Å². The molecule has 0 amide bonds. The average Bonchev–Trinajstić information content (AvgIpc) is 2.93. The van der Waals surface area contributed by atoms with E-state index >= 15 is 0 Å². The molecule has 0 saturated heterocycles. The van der Waals surface area contributed by atoms with Crippen LogP contribution >= 0.6 is 11.3 Å². The summed E-state index contributed by atoms with van der Waals surface area (Å²) in [5.74, 6) is 0.481. The van der Waals surface area contributed by atoms with E-state index in [1.807, 2.05) is 0 Å². The maximum absolute atomic E-state index is 12.5. The van der Waals surface area contributed by atoms with E-state index in [1.54, 1.807) is 31.4 Å². The van der Waals surface area contributed by atoms with Gasteiger partial charge in [-0.1, -0.05) is 0 Å². The van der Waals surface area contributed by atoms with Gasteiger partial charge in [-0.15, -0.1) is 11.3 Å². The van der Waals surface area contributed by atoms with Gasteiger partial charge in [-0.05, 0) is 25.3 Å². The second kappa shape index (κ2) is 5.43. The number of aryl methyl sites for hydroxylation is 2. The minimum Gasteiger partial charge on any atom is -0.345 e. The van der Waals surface area contributed by atoms with Gasteiger partial charge < -0.3 is 5.32 Å². The molecular weight excluding hydrogens is 336 g/mol. The Bertz CT molecular complexity index is 911. The molecule has 23 heavy (non-hydrogen) atoms. The van der Waals surface area contributed by atoms with Crippen molar-refractivity contribution in [3.63, 3.8) is 0 Å². The molecule has 7 nitrogen and oxygen atoms in total.